The number of hydrogen-bond acceptors (Lipinski definition) is 7. The van der Waals surface area contributed by atoms with Crippen molar-refractivity contribution in [3.05, 3.63) is 96.9 Å². The van der Waals surface area contributed by atoms with Crippen LogP contribution in [0, 0.1) is 5.82 Å². The molecule has 2 aliphatic heterocycles. The van der Waals surface area contributed by atoms with Gasteiger partial charge in [0.05, 0.1) is 31.0 Å². The molecule has 0 radical (unpaired) electrons. The molecule has 2 amide bonds. The number of benzene rings is 3. The summed E-state index contributed by atoms with van der Waals surface area (Å²) in [4.78, 5) is 21.5. The SMILES string of the molecule is O=C(Nc1ccc(Oc2ccccc2)cc1)NC1COC2C(Nc3nccc(-c4cccc(F)c4)n3)COC12. The van der Waals surface area contributed by atoms with Gasteiger partial charge in [-0.25, -0.2) is 19.2 Å². The summed E-state index contributed by atoms with van der Waals surface area (Å²) in [5.74, 6) is 1.47. The molecular weight excluding hydrogens is 501 g/mol. The number of halogens is 1. The first-order valence-electron chi connectivity index (χ1n) is 12.6. The minimum atomic E-state index is -0.355. The zero-order valence-electron chi connectivity index (χ0n) is 20.8. The van der Waals surface area contributed by atoms with Gasteiger partial charge in [-0.1, -0.05) is 30.3 Å². The fraction of sp³-hybridized carbons (Fsp3) is 0.207. The molecule has 2 aliphatic rings. The Morgan fingerprint density at radius 2 is 1.62 bits per heavy atom. The van der Waals surface area contributed by atoms with E-state index in [-0.39, 0.29) is 36.1 Å². The predicted octanol–water partition coefficient (Wildman–Crippen LogP) is 4.84. The van der Waals surface area contributed by atoms with Crippen LogP contribution in [0.15, 0.2) is 91.1 Å². The van der Waals surface area contributed by atoms with Crippen molar-refractivity contribution < 1.29 is 23.4 Å². The molecule has 6 rings (SSSR count). The summed E-state index contributed by atoms with van der Waals surface area (Å²) < 4.78 is 31.4. The Labute approximate surface area is 224 Å². The lowest BCUT2D eigenvalue weighted by Gasteiger charge is -2.19. The molecule has 1 aromatic heterocycles. The predicted molar refractivity (Wildman–Crippen MR) is 143 cm³/mol. The number of carbonyl (C=O) groups excluding carboxylic acids is 1. The quantitative estimate of drug-likeness (QED) is 0.316. The molecule has 2 saturated heterocycles. The van der Waals surface area contributed by atoms with Gasteiger partial charge in [0.1, 0.15) is 29.5 Å². The van der Waals surface area contributed by atoms with Gasteiger partial charge in [-0.05, 0) is 54.6 Å². The van der Waals surface area contributed by atoms with Crippen LogP contribution in [-0.2, 0) is 9.47 Å². The van der Waals surface area contributed by atoms with Crippen molar-refractivity contribution >= 4 is 17.7 Å². The number of para-hydroxylation sites is 1. The smallest absolute Gasteiger partial charge is 0.319 e. The van der Waals surface area contributed by atoms with Crippen LogP contribution < -0.4 is 20.7 Å². The Hall–Kier alpha value is -4.54. The normalized spacial score (nSPS) is 21.7. The minimum Gasteiger partial charge on any atom is -0.457 e. The molecule has 3 N–H and O–H groups in total. The summed E-state index contributed by atoms with van der Waals surface area (Å²) in [6.07, 6.45) is 1.01. The van der Waals surface area contributed by atoms with Gasteiger partial charge in [-0.3, -0.25) is 0 Å². The monoisotopic (exact) mass is 527 g/mol. The van der Waals surface area contributed by atoms with E-state index in [0.29, 0.717) is 41.9 Å². The van der Waals surface area contributed by atoms with Crippen LogP contribution >= 0.6 is 0 Å². The largest absolute Gasteiger partial charge is 0.457 e. The van der Waals surface area contributed by atoms with E-state index in [1.807, 2.05) is 30.3 Å². The van der Waals surface area contributed by atoms with Crippen LogP contribution in [0.3, 0.4) is 0 Å². The van der Waals surface area contributed by atoms with E-state index in [4.69, 9.17) is 14.2 Å². The van der Waals surface area contributed by atoms with Crippen LogP contribution in [0.5, 0.6) is 11.5 Å². The van der Waals surface area contributed by atoms with E-state index in [1.54, 1.807) is 48.7 Å². The van der Waals surface area contributed by atoms with Crippen molar-refractivity contribution in [3.63, 3.8) is 0 Å². The topological polar surface area (TPSA) is 107 Å². The van der Waals surface area contributed by atoms with Crippen molar-refractivity contribution in [2.75, 3.05) is 23.8 Å². The summed E-state index contributed by atoms with van der Waals surface area (Å²) >= 11 is 0. The molecule has 39 heavy (non-hydrogen) atoms. The Balaban J connectivity index is 1.02. The van der Waals surface area contributed by atoms with E-state index in [1.165, 1.54) is 12.1 Å². The van der Waals surface area contributed by atoms with Crippen molar-refractivity contribution in [2.24, 2.45) is 0 Å². The third-order valence-corrected chi connectivity index (χ3v) is 6.55. The molecule has 10 heteroatoms. The summed E-state index contributed by atoms with van der Waals surface area (Å²) in [7, 11) is 0. The number of urea groups is 1. The highest BCUT2D eigenvalue weighted by molar-refractivity contribution is 5.89. The highest BCUT2D eigenvalue weighted by Gasteiger charge is 2.48. The highest BCUT2D eigenvalue weighted by atomic mass is 19.1. The molecular formula is C29H26FN5O4. The molecule has 3 heterocycles. The number of fused-ring (bicyclic) bond motifs is 1. The van der Waals surface area contributed by atoms with E-state index in [2.05, 4.69) is 25.9 Å². The Morgan fingerprint density at radius 3 is 2.41 bits per heavy atom. The molecule has 0 spiro atoms. The third kappa shape index (κ3) is 5.82. The van der Waals surface area contributed by atoms with Gasteiger partial charge in [-0.15, -0.1) is 0 Å². The molecule has 4 aromatic rings. The van der Waals surface area contributed by atoms with Gasteiger partial charge < -0.3 is 30.2 Å². The average Bonchev–Trinajstić information content (AvgIpc) is 3.54. The van der Waals surface area contributed by atoms with E-state index in [0.717, 1.165) is 5.75 Å². The molecule has 3 aromatic carbocycles. The lowest BCUT2D eigenvalue weighted by molar-refractivity contribution is 0.0683. The van der Waals surface area contributed by atoms with Crippen molar-refractivity contribution in [3.8, 4) is 22.8 Å². The molecule has 198 valence electrons. The van der Waals surface area contributed by atoms with Crippen LogP contribution in [0.25, 0.3) is 11.3 Å². The van der Waals surface area contributed by atoms with Crippen LogP contribution in [0.2, 0.25) is 0 Å². The van der Waals surface area contributed by atoms with Gasteiger partial charge in [0.25, 0.3) is 0 Å². The molecule has 4 unspecified atom stereocenters. The number of hydrogen-bond donors (Lipinski definition) is 3. The minimum absolute atomic E-state index is 0.204. The molecule has 0 aliphatic carbocycles. The second kappa shape index (κ2) is 11.1. The number of carbonyl (C=O) groups is 1. The summed E-state index contributed by atoms with van der Waals surface area (Å²) in [5, 5.41) is 9.05. The number of anilines is 2. The second-order valence-corrected chi connectivity index (χ2v) is 9.27. The number of nitrogens with one attached hydrogen (secondary N) is 3. The summed E-state index contributed by atoms with van der Waals surface area (Å²) in [6, 6.07) is 23.7. The Morgan fingerprint density at radius 1 is 0.872 bits per heavy atom. The standard InChI is InChI=1S/C29H26FN5O4/c30-19-6-4-5-18(15-19)23-13-14-31-28(33-23)34-24-16-37-27-25(17-38-26(24)27)35-29(36)32-20-9-11-22(12-10-20)39-21-7-2-1-3-8-21/h1-15,24-27H,16-17H2,(H,31,33,34)(H2,32,35,36). The van der Waals surface area contributed by atoms with E-state index in [9.17, 15) is 9.18 Å². The lowest BCUT2D eigenvalue weighted by atomic mass is 10.1. The van der Waals surface area contributed by atoms with Crippen molar-refractivity contribution in [2.45, 2.75) is 24.3 Å². The molecule has 0 bridgehead atoms. The van der Waals surface area contributed by atoms with Crippen LogP contribution in [0.1, 0.15) is 0 Å². The number of aromatic nitrogens is 2. The van der Waals surface area contributed by atoms with Crippen LogP contribution in [0.4, 0.5) is 20.8 Å². The van der Waals surface area contributed by atoms with Crippen molar-refractivity contribution in [1.29, 1.82) is 0 Å². The van der Waals surface area contributed by atoms with Gasteiger partial charge in [0.2, 0.25) is 5.95 Å². The second-order valence-electron chi connectivity index (χ2n) is 9.27. The number of nitrogens with zero attached hydrogens (tertiary/aromatic N) is 2. The van der Waals surface area contributed by atoms with Gasteiger partial charge in [-0.2, -0.15) is 0 Å². The number of amides is 2. The van der Waals surface area contributed by atoms with E-state index < -0.39 is 0 Å². The zero-order valence-corrected chi connectivity index (χ0v) is 20.8. The van der Waals surface area contributed by atoms with Gasteiger partial charge in [0, 0.05) is 17.4 Å². The maximum atomic E-state index is 13.6. The maximum absolute atomic E-state index is 13.6. The number of ether oxygens (including phenoxy) is 3. The van der Waals surface area contributed by atoms with Gasteiger partial charge >= 0.3 is 6.03 Å². The molecule has 4 atom stereocenters. The average molecular weight is 528 g/mol. The van der Waals surface area contributed by atoms with Crippen LogP contribution in [-0.4, -0.2) is 53.5 Å². The summed E-state index contributed by atoms with van der Waals surface area (Å²) in [6.45, 7) is 0.681. The summed E-state index contributed by atoms with van der Waals surface area (Å²) in [5.41, 5.74) is 1.89. The molecule has 9 nitrogen and oxygen atoms in total. The van der Waals surface area contributed by atoms with E-state index >= 15 is 0 Å². The highest BCUT2D eigenvalue weighted by Crippen LogP contribution is 2.29. The molecule has 0 saturated carbocycles. The number of rotatable bonds is 7. The lowest BCUT2D eigenvalue weighted by Crippen LogP contribution is -2.46. The fourth-order valence-corrected chi connectivity index (χ4v) is 4.72. The van der Waals surface area contributed by atoms with Gasteiger partial charge in [0.15, 0.2) is 0 Å². The third-order valence-electron chi connectivity index (χ3n) is 6.55. The first-order chi connectivity index (χ1) is 19.1. The Kier molecular flexibility index (Phi) is 7.03. The maximum Gasteiger partial charge on any atom is 0.319 e. The Bertz CT molecular complexity index is 1440. The van der Waals surface area contributed by atoms with Crippen molar-refractivity contribution in [1.82, 2.24) is 15.3 Å². The fourth-order valence-electron chi connectivity index (χ4n) is 4.72. The molecule has 2 fully saturated rings. The first kappa shape index (κ1) is 24.8. The first-order valence-corrected chi connectivity index (χ1v) is 12.6. The zero-order chi connectivity index (χ0) is 26.6.